The van der Waals surface area contributed by atoms with Gasteiger partial charge in [0.05, 0.1) is 6.20 Å². The molecule has 7 heteroatoms. The number of rotatable bonds is 8. The van der Waals surface area contributed by atoms with E-state index < -0.39 is 10.0 Å². The van der Waals surface area contributed by atoms with Crippen LogP contribution < -0.4 is 5.73 Å². The van der Waals surface area contributed by atoms with Crippen molar-refractivity contribution in [3.05, 3.63) is 12.4 Å². The molecule has 0 saturated carbocycles. The molecule has 0 unspecified atom stereocenters. The topological polar surface area (TPSA) is 81.2 Å². The zero-order valence-electron chi connectivity index (χ0n) is 11.0. The molecule has 0 aliphatic heterocycles. The van der Waals surface area contributed by atoms with E-state index in [0.717, 1.165) is 12.8 Å². The standard InChI is InChI=1S/C11H22N4O2S/c1-3-7-15(4-2)18(16,17)11-9-13-14(10-11)8-5-6-12/h9-10H,3-8,12H2,1-2H3. The van der Waals surface area contributed by atoms with E-state index in [1.807, 2.05) is 13.8 Å². The number of hydrogen-bond donors (Lipinski definition) is 1. The van der Waals surface area contributed by atoms with Gasteiger partial charge in [0.25, 0.3) is 0 Å². The summed E-state index contributed by atoms with van der Waals surface area (Å²) < 4.78 is 27.7. The summed E-state index contributed by atoms with van der Waals surface area (Å²) in [5.74, 6) is 0. The van der Waals surface area contributed by atoms with Crippen LogP contribution in [0.2, 0.25) is 0 Å². The van der Waals surface area contributed by atoms with Crippen molar-refractivity contribution in [1.29, 1.82) is 0 Å². The molecule has 1 aromatic heterocycles. The van der Waals surface area contributed by atoms with E-state index in [0.29, 0.717) is 26.2 Å². The Kier molecular flexibility index (Phi) is 5.77. The van der Waals surface area contributed by atoms with E-state index in [2.05, 4.69) is 5.10 Å². The third kappa shape index (κ3) is 3.54. The molecule has 6 nitrogen and oxygen atoms in total. The van der Waals surface area contributed by atoms with Crippen molar-refractivity contribution < 1.29 is 8.42 Å². The van der Waals surface area contributed by atoms with Crippen LogP contribution in [0.15, 0.2) is 17.3 Å². The minimum atomic E-state index is -3.40. The monoisotopic (exact) mass is 274 g/mol. The Morgan fingerprint density at radius 1 is 1.44 bits per heavy atom. The van der Waals surface area contributed by atoms with Gasteiger partial charge in [0, 0.05) is 25.8 Å². The number of hydrogen-bond acceptors (Lipinski definition) is 4. The van der Waals surface area contributed by atoms with Crippen molar-refractivity contribution in [2.45, 2.75) is 38.1 Å². The van der Waals surface area contributed by atoms with Crippen molar-refractivity contribution in [3.8, 4) is 0 Å². The van der Waals surface area contributed by atoms with Crippen molar-refractivity contribution in [2.24, 2.45) is 5.73 Å². The first-order valence-electron chi connectivity index (χ1n) is 6.28. The Balaban J connectivity index is 2.87. The van der Waals surface area contributed by atoms with Crippen LogP contribution in [-0.2, 0) is 16.6 Å². The molecule has 2 N–H and O–H groups in total. The lowest BCUT2D eigenvalue weighted by molar-refractivity contribution is 0.427. The fourth-order valence-electron chi connectivity index (χ4n) is 1.70. The van der Waals surface area contributed by atoms with E-state index in [1.54, 1.807) is 10.9 Å². The Hall–Kier alpha value is -0.920. The van der Waals surface area contributed by atoms with E-state index in [4.69, 9.17) is 5.73 Å². The van der Waals surface area contributed by atoms with Gasteiger partial charge in [-0.2, -0.15) is 9.40 Å². The molecule has 0 saturated heterocycles. The third-order valence-electron chi connectivity index (χ3n) is 2.66. The first-order chi connectivity index (χ1) is 8.56. The number of aromatic nitrogens is 2. The lowest BCUT2D eigenvalue weighted by Crippen LogP contribution is -2.31. The van der Waals surface area contributed by atoms with Crippen LogP contribution in [0.4, 0.5) is 0 Å². The van der Waals surface area contributed by atoms with E-state index in [1.165, 1.54) is 10.5 Å². The zero-order chi connectivity index (χ0) is 13.6. The molecule has 0 fully saturated rings. The van der Waals surface area contributed by atoms with Crippen LogP contribution in [0.3, 0.4) is 0 Å². The predicted octanol–water partition coefficient (Wildman–Crippen LogP) is 0.653. The Morgan fingerprint density at radius 2 is 2.17 bits per heavy atom. The average Bonchev–Trinajstić information content (AvgIpc) is 2.82. The summed E-state index contributed by atoms with van der Waals surface area (Å²) in [6.45, 7) is 6.02. The highest BCUT2D eigenvalue weighted by molar-refractivity contribution is 7.89. The highest BCUT2D eigenvalue weighted by Gasteiger charge is 2.23. The largest absolute Gasteiger partial charge is 0.330 e. The van der Waals surface area contributed by atoms with Gasteiger partial charge in [0.2, 0.25) is 10.0 Å². The van der Waals surface area contributed by atoms with Gasteiger partial charge in [-0.05, 0) is 19.4 Å². The SMILES string of the molecule is CCCN(CC)S(=O)(=O)c1cnn(CCCN)c1. The summed E-state index contributed by atoms with van der Waals surface area (Å²) in [6, 6.07) is 0. The summed E-state index contributed by atoms with van der Waals surface area (Å²) in [7, 11) is -3.40. The van der Waals surface area contributed by atoms with Gasteiger partial charge in [-0.1, -0.05) is 13.8 Å². The van der Waals surface area contributed by atoms with Gasteiger partial charge in [-0.3, -0.25) is 4.68 Å². The van der Waals surface area contributed by atoms with E-state index in [-0.39, 0.29) is 4.90 Å². The van der Waals surface area contributed by atoms with Gasteiger partial charge >= 0.3 is 0 Å². The molecular weight excluding hydrogens is 252 g/mol. The summed E-state index contributed by atoms with van der Waals surface area (Å²) in [5.41, 5.74) is 5.41. The molecule has 0 aliphatic carbocycles. The number of aryl methyl sites for hydroxylation is 1. The molecule has 1 rings (SSSR count). The van der Waals surface area contributed by atoms with Gasteiger partial charge < -0.3 is 5.73 Å². The minimum Gasteiger partial charge on any atom is -0.330 e. The number of nitrogens with two attached hydrogens (primary N) is 1. The maximum absolute atomic E-state index is 12.3. The van der Waals surface area contributed by atoms with Crippen LogP contribution in [0, 0.1) is 0 Å². The molecule has 0 amide bonds. The summed E-state index contributed by atoms with van der Waals surface area (Å²) in [6.07, 6.45) is 4.56. The van der Waals surface area contributed by atoms with Crippen LogP contribution in [0.5, 0.6) is 0 Å². The van der Waals surface area contributed by atoms with Crippen LogP contribution in [-0.4, -0.2) is 42.1 Å². The maximum Gasteiger partial charge on any atom is 0.246 e. The normalized spacial score (nSPS) is 12.2. The molecule has 0 radical (unpaired) electrons. The lowest BCUT2D eigenvalue weighted by atomic mass is 10.4. The van der Waals surface area contributed by atoms with Gasteiger partial charge in [0.1, 0.15) is 4.90 Å². The quantitative estimate of drug-likeness (QED) is 0.755. The minimum absolute atomic E-state index is 0.259. The van der Waals surface area contributed by atoms with Crippen LogP contribution in [0.1, 0.15) is 26.7 Å². The van der Waals surface area contributed by atoms with Crippen molar-refractivity contribution in [2.75, 3.05) is 19.6 Å². The second kappa shape index (κ2) is 6.86. The first-order valence-corrected chi connectivity index (χ1v) is 7.72. The Labute approximate surface area is 109 Å². The molecule has 1 heterocycles. The number of nitrogens with zero attached hydrogens (tertiary/aromatic N) is 3. The van der Waals surface area contributed by atoms with E-state index >= 15 is 0 Å². The second-order valence-corrected chi connectivity index (χ2v) is 6.02. The molecule has 1 aromatic rings. The van der Waals surface area contributed by atoms with Gasteiger partial charge in [-0.25, -0.2) is 8.42 Å². The molecule has 0 spiro atoms. The summed E-state index contributed by atoms with van der Waals surface area (Å²) in [4.78, 5) is 0.259. The molecule has 0 aliphatic rings. The summed E-state index contributed by atoms with van der Waals surface area (Å²) >= 11 is 0. The molecule has 104 valence electrons. The van der Waals surface area contributed by atoms with E-state index in [9.17, 15) is 8.42 Å². The first kappa shape index (κ1) is 15.1. The van der Waals surface area contributed by atoms with Crippen molar-refractivity contribution in [3.63, 3.8) is 0 Å². The average molecular weight is 274 g/mol. The number of sulfonamides is 1. The highest BCUT2D eigenvalue weighted by atomic mass is 32.2. The zero-order valence-corrected chi connectivity index (χ0v) is 11.9. The van der Waals surface area contributed by atoms with Gasteiger partial charge in [0.15, 0.2) is 0 Å². The predicted molar refractivity (Wildman–Crippen MR) is 70.6 cm³/mol. The third-order valence-corrected chi connectivity index (χ3v) is 4.59. The van der Waals surface area contributed by atoms with Crippen LogP contribution in [0.25, 0.3) is 0 Å². The fourth-order valence-corrected chi connectivity index (χ4v) is 3.20. The van der Waals surface area contributed by atoms with Crippen LogP contribution >= 0.6 is 0 Å². The van der Waals surface area contributed by atoms with Gasteiger partial charge in [-0.15, -0.1) is 0 Å². The Morgan fingerprint density at radius 3 is 2.72 bits per heavy atom. The molecule has 18 heavy (non-hydrogen) atoms. The Bertz CT molecular complexity index is 455. The second-order valence-electron chi connectivity index (χ2n) is 4.08. The molecular formula is C11H22N4O2S. The highest BCUT2D eigenvalue weighted by Crippen LogP contribution is 2.15. The lowest BCUT2D eigenvalue weighted by Gasteiger charge is -2.18. The summed E-state index contributed by atoms with van der Waals surface area (Å²) in [5, 5.41) is 4.05. The van der Waals surface area contributed by atoms with Crippen molar-refractivity contribution in [1.82, 2.24) is 14.1 Å². The van der Waals surface area contributed by atoms with Crippen molar-refractivity contribution >= 4 is 10.0 Å². The molecule has 0 aromatic carbocycles. The molecule has 0 atom stereocenters. The maximum atomic E-state index is 12.3. The fraction of sp³-hybridized carbons (Fsp3) is 0.727. The molecule has 0 bridgehead atoms. The smallest absolute Gasteiger partial charge is 0.246 e.